The number of hydrogen-bond donors (Lipinski definition) is 0. The Labute approximate surface area is 443 Å². The van der Waals surface area contributed by atoms with Crippen molar-refractivity contribution in [1.29, 1.82) is 0 Å². The predicted octanol–water partition coefficient (Wildman–Crippen LogP) is 17.4. The normalized spacial score (nSPS) is 14.7. The Morgan fingerprint density at radius 1 is 0.299 bits per heavy atom. The Bertz CT molecular complexity index is 4690. The molecule has 0 saturated carbocycles. The van der Waals surface area contributed by atoms with Gasteiger partial charge in [0.2, 0.25) is 11.9 Å². The molecular formula is C70H47N7. The van der Waals surface area contributed by atoms with Crippen molar-refractivity contribution in [3.05, 3.63) is 260 Å². The number of fused-ring (bicyclic) bond motifs is 12. The van der Waals surface area contributed by atoms with E-state index in [9.17, 15) is 0 Å². The fraction of sp³-hybridized carbons (Fsp3) is 0.0429. The predicted molar refractivity (Wildman–Crippen MR) is 318 cm³/mol. The lowest BCUT2D eigenvalue weighted by Crippen LogP contribution is -2.11. The molecule has 16 rings (SSSR count). The lowest BCUT2D eigenvalue weighted by Gasteiger charge is -2.22. The lowest BCUT2D eigenvalue weighted by atomic mass is 9.82. The van der Waals surface area contributed by atoms with E-state index in [0.717, 1.165) is 105 Å². The van der Waals surface area contributed by atoms with Crippen LogP contribution in [0.3, 0.4) is 0 Å². The van der Waals surface area contributed by atoms with Crippen molar-refractivity contribution in [3.8, 4) is 45.8 Å². The van der Waals surface area contributed by atoms with E-state index in [2.05, 4.69) is 280 Å². The maximum Gasteiger partial charge on any atom is 0.240 e. The number of hydrogen-bond acceptors (Lipinski definition) is 3. The van der Waals surface area contributed by atoms with Gasteiger partial charge in [-0.1, -0.05) is 177 Å². The molecule has 1 unspecified atom stereocenters. The Morgan fingerprint density at radius 2 is 0.675 bits per heavy atom. The zero-order valence-corrected chi connectivity index (χ0v) is 42.0. The van der Waals surface area contributed by atoms with Gasteiger partial charge in [-0.25, -0.2) is 0 Å². The average Bonchev–Trinajstić information content (AvgIpc) is 4.42. The summed E-state index contributed by atoms with van der Waals surface area (Å²) >= 11 is 0. The van der Waals surface area contributed by atoms with Gasteiger partial charge in [0.1, 0.15) is 0 Å². The Kier molecular flexibility index (Phi) is 9.54. The van der Waals surface area contributed by atoms with Gasteiger partial charge in [0.25, 0.3) is 0 Å². The van der Waals surface area contributed by atoms with Gasteiger partial charge in [-0.2, -0.15) is 15.0 Å². The van der Waals surface area contributed by atoms with E-state index in [4.69, 9.17) is 15.0 Å². The van der Waals surface area contributed by atoms with E-state index in [1.165, 1.54) is 16.3 Å². The summed E-state index contributed by atoms with van der Waals surface area (Å²) in [4.78, 5) is 17.0. The Balaban J connectivity index is 1.02. The van der Waals surface area contributed by atoms with Crippen LogP contribution >= 0.6 is 0 Å². The van der Waals surface area contributed by atoms with Crippen LogP contribution in [0.4, 0.5) is 0 Å². The van der Waals surface area contributed by atoms with Crippen LogP contribution in [0, 0.1) is 5.92 Å². The van der Waals surface area contributed by atoms with Crippen LogP contribution in [0.1, 0.15) is 18.4 Å². The second kappa shape index (κ2) is 17.0. The van der Waals surface area contributed by atoms with E-state index in [-0.39, 0.29) is 5.92 Å². The molecule has 5 aromatic heterocycles. The van der Waals surface area contributed by atoms with Gasteiger partial charge in [-0.05, 0) is 108 Å². The first-order chi connectivity index (χ1) is 38.1. The van der Waals surface area contributed by atoms with Crippen LogP contribution in [0.5, 0.6) is 0 Å². The molecule has 10 aromatic carbocycles. The molecule has 1 aliphatic rings. The monoisotopic (exact) mass is 985 g/mol. The van der Waals surface area contributed by atoms with E-state index in [1.807, 2.05) is 0 Å². The topological polar surface area (TPSA) is 58.4 Å². The molecule has 0 N–H and O–H groups in total. The third kappa shape index (κ3) is 6.66. The smallest absolute Gasteiger partial charge is 0.240 e. The van der Waals surface area contributed by atoms with Crippen LogP contribution in [-0.4, -0.2) is 33.2 Å². The van der Waals surface area contributed by atoms with E-state index >= 15 is 0 Å². The molecule has 77 heavy (non-hydrogen) atoms. The first kappa shape index (κ1) is 43.3. The molecule has 362 valence electrons. The van der Waals surface area contributed by atoms with Crippen LogP contribution in [0.25, 0.3) is 133 Å². The highest BCUT2D eigenvalue weighted by Crippen LogP contribution is 2.43. The van der Waals surface area contributed by atoms with E-state index in [0.29, 0.717) is 23.6 Å². The highest BCUT2D eigenvalue weighted by Gasteiger charge is 2.26. The SMILES string of the molecule is C[C@H]1C=CC=CC1c1cc(-c2ccccc2)cc(-c2nc(-n3c4ccccc4c4cc5c(cc43)c3ccccc3n5-c3ccccc3)nc(-n3c4ccccc4c4cc5c(cc43)c3ccccc3n5-c3ccccc3)n2)c1. The van der Waals surface area contributed by atoms with Gasteiger partial charge in [-0.3, -0.25) is 9.13 Å². The maximum atomic E-state index is 5.71. The molecular weight excluding hydrogens is 939 g/mol. The van der Waals surface area contributed by atoms with Crippen molar-refractivity contribution in [3.63, 3.8) is 0 Å². The number of para-hydroxylation sites is 6. The summed E-state index contributed by atoms with van der Waals surface area (Å²) in [7, 11) is 0. The maximum absolute atomic E-state index is 5.71. The van der Waals surface area contributed by atoms with Gasteiger partial charge < -0.3 is 9.13 Å². The summed E-state index contributed by atoms with van der Waals surface area (Å²) < 4.78 is 9.32. The van der Waals surface area contributed by atoms with Gasteiger partial charge >= 0.3 is 0 Å². The standard InChI is InChI=1S/C70H47N7/c1-44-21-11-12-28-51(44)47-37-46(45-22-5-2-6-23-45)38-48(39-47)68-71-69(76-62-35-19-15-31-54(62)58-40-64-56(42-66(58)76)52-29-13-17-33-60(52)74(64)49-24-7-3-8-25-49)73-70(72-68)77-63-36-20-16-32-55(63)59-41-65-57(43-67(59)77)53-30-14-18-34-61(53)75(65)50-26-9-4-10-27-50/h2-44,51H,1H3/t44-,51?/m0/s1. The molecule has 0 spiro atoms. The van der Waals surface area contributed by atoms with Gasteiger partial charge in [0.15, 0.2) is 5.82 Å². The molecule has 2 atom stereocenters. The van der Waals surface area contributed by atoms with Crippen molar-refractivity contribution in [2.45, 2.75) is 12.8 Å². The number of allylic oxidation sites excluding steroid dienone is 4. The Hall–Kier alpha value is -10.1. The summed E-state index contributed by atoms with van der Waals surface area (Å²) in [5.41, 5.74) is 15.3. The van der Waals surface area contributed by atoms with Gasteiger partial charge in [-0.15, -0.1) is 0 Å². The zero-order valence-electron chi connectivity index (χ0n) is 42.0. The molecule has 5 heterocycles. The fourth-order valence-electron chi connectivity index (χ4n) is 12.6. The minimum absolute atomic E-state index is 0.165. The van der Waals surface area contributed by atoms with Crippen LogP contribution in [0.15, 0.2) is 255 Å². The summed E-state index contributed by atoms with van der Waals surface area (Å²) in [5.74, 6) is 2.13. The highest BCUT2D eigenvalue weighted by atomic mass is 15.3. The largest absolute Gasteiger partial charge is 0.309 e. The highest BCUT2D eigenvalue weighted by molar-refractivity contribution is 6.20. The first-order valence-electron chi connectivity index (χ1n) is 26.5. The second-order valence-corrected chi connectivity index (χ2v) is 20.5. The van der Waals surface area contributed by atoms with Crippen LogP contribution in [0.2, 0.25) is 0 Å². The van der Waals surface area contributed by atoms with Crippen LogP contribution < -0.4 is 0 Å². The number of aromatic nitrogens is 7. The third-order valence-electron chi connectivity index (χ3n) is 16.1. The van der Waals surface area contributed by atoms with Crippen LogP contribution in [-0.2, 0) is 0 Å². The third-order valence-corrected chi connectivity index (χ3v) is 16.1. The van der Waals surface area contributed by atoms with Crippen molar-refractivity contribution < 1.29 is 0 Å². The molecule has 0 saturated heterocycles. The summed E-state index contributed by atoms with van der Waals surface area (Å²) in [6.07, 6.45) is 8.95. The second-order valence-electron chi connectivity index (χ2n) is 20.5. The summed E-state index contributed by atoms with van der Waals surface area (Å²) in [6.45, 7) is 2.30. The quantitative estimate of drug-likeness (QED) is 0.160. The molecule has 0 fully saturated rings. The molecule has 1 aliphatic carbocycles. The first-order valence-corrected chi connectivity index (χ1v) is 26.5. The molecule has 7 heteroatoms. The van der Waals surface area contributed by atoms with Crippen molar-refractivity contribution in [2.75, 3.05) is 0 Å². The van der Waals surface area contributed by atoms with E-state index in [1.54, 1.807) is 0 Å². The molecule has 0 amide bonds. The molecule has 7 nitrogen and oxygen atoms in total. The zero-order chi connectivity index (χ0) is 50.7. The minimum atomic E-state index is 0.165. The molecule has 0 bridgehead atoms. The van der Waals surface area contributed by atoms with E-state index < -0.39 is 0 Å². The molecule has 0 aliphatic heterocycles. The van der Waals surface area contributed by atoms with Crippen molar-refractivity contribution in [2.24, 2.45) is 5.92 Å². The average molecular weight is 986 g/mol. The van der Waals surface area contributed by atoms with Gasteiger partial charge in [0.05, 0.1) is 44.1 Å². The Morgan fingerprint density at radius 3 is 1.13 bits per heavy atom. The fourth-order valence-corrected chi connectivity index (χ4v) is 12.6. The summed E-state index contributed by atoms with van der Waals surface area (Å²) in [6, 6.07) is 83.2. The number of benzene rings is 10. The molecule has 0 radical (unpaired) electrons. The molecule has 15 aromatic rings. The lowest BCUT2D eigenvalue weighted by molar-refractivity contribution is 0.635. The van der Waals surface area contributed by atoms with Gasteiger partial charge in [0, 0.05) is 65.9 Å². The summed E-state index contributed by atoms with van der Waals surface area (Å²) in [5, 5.41) is 9.13. The minimum Gasteiger partial charge on any atom is -0.309 e. The number of nitrogens with zero attached hydrogens (tertiary/aromatic N) is 7. The van der Waals surface area contributed by atoms with Crippen molar-refractivity contribution >= 4 is 87.2 Å². The number of rotatable bonds is 7. The van der Waals surface area contributed by atoms with Crippen molar-refractivity contribution in [1.82, 2.24) is 33.2 Å².